The Morgan fingerprint density at radius 3 is 2.58 bits per heavy atom. The molecule has 0 unspecified atom stereocenters. The Morgan fingerprint density at radius 2 is 1.91 bits per heavy atom. The normalized spacial score (nSPS) is 18.3. The van der Waals surface area contributed by atoms with Gasteiger partial charge in [-0.25, -0.2) is 18.1 Å². The van der Waals surface area contributed by atoms with Crippen molar-refractivity contribution in [1.29, 1.82) is 0 Å². The number of allylic oxidation sites excluding steroid dienone is 5. The molecule has 1 aliphatic heterocycles. The first-order valence-corrected chi connectivity index (χ1v) is 13.0. The number of aromatic nitrogens is 3. The summed E-state index contributed by atoms with van der Waals surface area (Å²) in [6.07, 6.45) is 14.3. The Hall–Kier alpha value is -2.94. The first-order valence-electron chi connectivity index (χ1n) is 11.6. The number of nitrogens with zero attached hydrogens (tertiary/aromatic N) is 3. The van der Waals surface area contributed by atoms with Crippen molar-refractivity contribution >= 4 is 32.9 Å². The van der Waals surface area contributed by atoms with Gasteiger partial charge in [0.15, 0.2) is 0 Å². The van der Waals surface area contributed by atoms with Crippen LogP contribution in [0.2, 0.25) is 0 Å². The highest BCUT2D eigenvalue weighted by Crippen LogP contribution is 2.41. The molecule has 1 spiro atoms. The Bertz CT molecular complexity index is 1200. The van der Waals surface area contributed by atoms with Crippen LogP contribution < -0.4 is 10.0 Å². The maximum absolute atomic E-state index is 12.9. The summed E-state index contributed by atoms with van der Waals surface area (Å²) >= 11 is 0. The van der Waals surface area contributed by atoms with E-state index in [-0.39, 0.29) is 16.8 Å². The summed E-state index contributed by atoms with van der Waals surface area (Å²) in [6.45, 7) is 7.99. The molecule has 2 aliphatic rings. The van der Waals surface area contributed by atoms with Gasteiger partial charge in [-0.1, -0.05) is 51.3 Å². The van der Waals surface area contributed by atoms with Crippen LogP contribution in [0, 0.1) is 0 Å². The minimum atomic E-state index is -3.87. The lowest BCUT2D eigenvalue weighted by Crippen LogP contribution is -2.54. The fraction of sp³-hybridized carbons (Fsp3) is 0.458. The van der Waals surface area contributed by atoms with Crippen LogP contribution in [0.25, 0.3) is 11.0 Å². The zero-order valence-corrected chi connectivity index (χ0v) is 20.6. The van der Waals surface area contributed by atoms with E-state index >= 15 is 0 Å². The van der Waals surface area contributed by atoms with E-state index in [1.54, 1.807) is 31.3 Å². The summed E-state index contributed by atoms with van der Waals surface area (Å²) in [4.78, 5) is 21.8. The fourth-order valence-corrected chi connectivity index (χ4v) is 5.52. The second-order valence-electron chi connectivity index (χ2n) is 7.92. The number of amides is 1. The van der Waals surface area contributed by atoms with Gasteiger partial charge in [-0.05, 0) is 44.9 Å². The van der Waals surface area contributed by atoms with Gasteiger partial charge >= 0.3 is 0 Å². The van der Waals surface area contributed by atoms with Crippen molar-refractivity contribution in [3.05, 3.63) is 53.2 Å². The van der Waals surface area contributed by atoms with Crippen LogP contribution in [0.15, 0.2) is 47.5 Å². The van der Waals surface area contributed by atoms with Gasteiger partial charge in [0.1, 0.15) is 11.2 Å². The second-order valence-corrected chi connectivity index (χ2v) is 9.60. The quantitative estimate of drug-likeness (QED) is 0.624. The maximum Gasteiger partial charge on any atom is 0.264 e. The number of sulfonamides is 1. The van der Waals surface area contributed by atoms with Crippen LogP contribution in [-0.4, -0.2) is 28.9 Å². The lowest BCUT2D eigenvalue weighted by atomic mass is 9.79. The van der Waals surface area contributed by atoms with Gasteiger partial charge in [0.05, 0.1) is 11.4 Å². The average molecular weight is 472 g/mol. The summed E-state index contributed by atoms with van der Waals surface area (Å²) in [6, 6.07) is 1.97. The van der Waals surface area contributed by atoms with Crippen LogP contribution in [0.4, 0.5) is 5.95 Å². The molecule has 0 radical (unpaired) electrons. The summed E-state index contributed by atoms with van der Waals surface area (Å²) in [5.41, 5.74) is 0.887. The third-order valence-electron chi connectivity index (χ3n) is 5.90. The molecule has 0 bridgehead atoms. The van der Waals surface area contributed by atoms with Crippen molar-refractivity contribution < 1.29 is 13.2 Å². The molecule has 1 aliphatic carbocycles. The number of carbonyl (C=O) groups excluding carboxylic acids is 1. The van der Waals surface area contributed by atoms with Crippen molar-refractivity contribution in [2.75, 3.05) is 4.72 Å². The highest BCUT2D eigenvalue weighted by atomic mass is 32.2. The highest BCUT2D eigenvalue weighted by molar-refractivity contribution is 7.96. The summed E-state index contributed by atoms with van der Waals surface area (Å²) in [7, 11) is -3.87. The fourth-order valence-electron chi connectivity index (χ4n) is 4.49. The third kappa shape index (κ3) is 4.73. The monoisotopic (exact) mass is 471 g/mol. The molecule has 2 aromatic heterocycles. The topological polar surface area (TPSA) is 106 Å². The predicted molar refractivity (Wildman–Crippen MR) is 132 cm³/mol. The Morgan fingerprint density at radius 1 is 1.18 bits per heavy atom. The van der Waals surface area contributed by atoms with E-state index in [1.807, 2.05) is 31.4 Å². The molecule has 0 atom stereocenters. The van der Waals surface area contributed by atoms with Crippen LogP contribution in [-0.2, 0) is 26.9 Å². The summed E-state index contributed by atoms with van der Waals surface area (Å²) in [5.74, 6) is 0.00354. The van der Waals surface area contributed by atoms with Gasteiger partial charge < -0.3 is 9.88 Å². The number of hydrogen-bond donors (Lipinski definition) is 2. The Labute approximate surface area is 195 Å². The van der Waals surface area contributed by atoms with Crippen molar-refractivity contribution in [2.24, 2.45) is 0 Å². The smallest absolute Gasteiger partial charge is 0.264 e. The van der Waals surface area contributed by atoms with Gasteiger partial charge in [0.25, 0.3) is 10.0 Å². The molecule has 1 amide bonds. The first-order chi connectivity index (χ1) is 15.9. The van der Waals surface area contributed by atoms with Crippen LogP contribution in [0.1, 0.15) is 65.5 Å². The number of hydrogen-bond acceptors (Lipinski definition) is 5. The minimum absolute atomic E-state index is 0.0128. The molecule has 2 aromatic rings. The van der Waals surface area contributed by atoms with Crippen LogP contribution in [0.5, 0.6) is 0 Å². The van der Waals surface area contributed by atoms with Crippen molar-refractivity contribution in [3.63, 3.8) is 0 Å². The molecule has 0 aromatic carbocycles. The molecule has 8 nitrogen and oxygen atoms in total. The first kappa shape index (κ1) is 24.7. The van der Waals surface area contributed by atoms with E-state index in [9.17, 15) is 13.2 Å². The number of fused-ring (bicyclic) bond motifs is 4. The molecule has 1 fully saturated rings. The lowest BCUT2D eigenvalue weighted by molar-refractivity contribution is -0.133. The Balaban J connectivity index is 0.00000149. The molecule has 2 N–H and O–H groups in total. The predicted octanol–water partition coefficient (Wildman–Crippen LogP) is 4.52. The van der Waals surface area contributed by atoms with E-state index in [0.717, 1.165) is 43.2 Å². The van der Waals surface area contributed by atoms with Gasteiger partial charge in [0, 0.05) is 17.3 Å². The number of rotatable bonds is 5. The standard InChI is InChI=1S/C22H27N5O3S.C2H6/c1-3-5-10-18(9-4-2)31(29,30)26-21-24-14-16-13-17-15-23-20(28)22(11-7-6-8-12-22)27(17)19(16)25-21;1-2/h3-5,9-10,13-14H,6-8,11-12,15H2,1-2H3,(H,23,28)(H,24,25,26);1-2H3/b5-3-,9-4-,18-10+;. The maximum atomic E-state index is 12.9. The van der Waals surface area contributed by atoms with Gasteiger partial charge in [-0.3, -0.25) is 4.79 Å². The minimum Gasteiger partial charge on any atom is -0.348 e. The average Bonchev–Trinajstić information content (AvgIpc) is 3.20. The summed E-state index contributed by atoms with van der Waals surface area (Å²) < 4.78 is 30.3. The molecule has 1 saturated carbocycles. The van der Waals surface area contributed by atoms with Crippen molar-refractivity contribution in [2.45, 2.75) is 71.9 Å². The molecule has 9 heteroatoms. The van der Waals surface area contributed by atoms with Crippen molar-refractivity contribution in [3.8, 4) is 0 Å². The van der Waals surface area contributed by atoms with E-state index < -0.39 is 15.6 Å². The van der Waals surface area contributed by atoms with E-state index in [1.165, 1.54) is 12.2 Å². The van der Waals surface area contributed by atoms with Gasteiger partial charge in [-0.15, -0.1) is 0 Å². The van der Waals surface area contributed by atoms with E-state index in [4.69, 9.17) is 0 Å². The SMILES string of the molecule is CC.C\C=C/C=C(\C=C/C)S(=O)(=O)Nc1ncc2cc3n(c2n1)C1(CCCCC1)C(=O)NC3. The molecule has 3 heterocycles. The van der Waals surface area contributed by atoms with Crippen LogP contribution >= 0.6 is 0 Å². The number of nitrogens with one attached hydrogen (secondary N) is 2. The summed E-state index contributed by atoms with van der Waals surface area (Å²) in [5, 5.41) is 3.81. The van der Waals surface area contributed by atoms with E-state index in [0.29, 0.717) is 12.2 Å². The molecular formula is C24H33N5O3S. The second kappa shape index (κ2) is 10.3. The molecule has 0 saturated heterocycles. The molecule has 178 valence electrons. The Kier molecular flexibility index (Phi) is 7.73. The highest BCUT2D eigenvalue weighted by Gasteiger charge is 2.45. The van der Waals surface area contributed by atoms with Crippen molar-refractivity contribution in [1.82, 2.24) is 19.9 Å². The zero-order chi connectivity index (χ0) is 24.1. The molecular weight excluding hydrogens is 438 g/mol. The third-order valence-corrected chi connectivity index (χ3v) is 7.24. The van der Waals surface area contributed by atoms with Gasteiger partial charge in [0.2, 0.25) is 11.9 Å². The molecule has 33 heavy (non-hydrogen) atoms. The van der Waals surface area contributed by atoms with Crippen LogP contribution in [0.3, 0.4) is 0 Å². The zero-order valence-electron chi connectivity index (χ0n) is 19.8. The molecule has 4 rings (SSSR count). The lowest BCUT2D eigenvalue weighted by Gasteiger charge is -2.41. The van der Waals surface area contributed by atoms with E-state index in [2.05, 4.69) is 20.0 Å². The largest absolute Gasteiger partial charge is 0.348 e. The van der Waals surface area contributed by atoms with Gasteiger partial charge in [-0.2, -0.15) is 4.98 Å². The number of anilines is 1. The number of carbonyl (C=O) groups is 1.